The summed E-state index contributed by atoms with van der Waals surface area (Å²) in [6.07, 6.45) is 5.93. The van der Waals surface area contributed by atoms with Crippen LogP contribution in [0.4, 0.5) is 11.4 Å². The molecule has 6 aromatic rings. The zero-order chi connectivity index (χ0) is 29.4. The Hall–Kier alpha value is -4.59. The number of rotatable bonds is 9. The van der Waals surface area contributed by atoms with Gasteiger partial charge in [-0.25, -0.2) is 4.98 Å². The third kappa shape index (κ3) is 5.49. The second-order valence-electron chi connectivity index (χ2n) is 10.1. The van der Waals surface area contributed by atoms with Crippen LogP contribution in [0.1, 0.15) is 26.6 Å². The molecular formula is C28H27ClN10O2S. The summed E-state index contributed by atoms with van der Waals surface area (Å²) in [7, 11) is 5.86. The highest BCUT2D eigenvalue weighted by Crippen LogP contribution is 2.35. The summed E-state index contributed by atoms with van der Waals surface area (Å²) in [5, 5.41) is 18.5. The lowest BCUT2D eigenvalue weighted by atomic mass is 10.2. The number of carbonyl (C=O) groups excluding carboxylic acids is 2. The summed E-state index contributed by atoms with van der Waals surface area (Å²) >= 11 is 7.87. The molecule has 3 N–H and O–H groups in total. The molecule has 2 amide bonds. The van der Waals surface area contributed by atoms with E-state index in [-0.39, 0.29) is 11.8 Å². The number of hydrogen-bond acceptors (Lipinski definition) is 8. The summed E-state index contributed by atoms with van der Waals surface area (Å²) in [6, 6.07) is 11.1. The molecule has 0 aliphatic heterocycles. The van der Waals surface area contributed by atoms with Crippen LogP contribution in [0.3, 0.4) is 0 Å². The number of nitrogens with one attached hydrogen (secondary N) is 3. The Morgan fingerprint density at radius 3 is 2.67 bits per heavy atom. The van der Waals surface area contributed by atoms with Gasteiger partial charge < -0.3 is 29.7 Å². The largest absolute Gasteiger partial charge is 0.346 e. The molecular weight excluding hydrogens is 576 g/mol. The number of aryl methyl sites for hydroxylation is 2. The second kappa shape index (κ2) is 11.4. The Morgan fingerprint density at radius 2 is 1.88 bits per heavy atom. The van der Waals surface area contributed by atoms with E-state index >= 15 is 0 Å². The van der Waals surface area contributed by atoms with Gasteiger partial charge in [-0.2, -0.15) is 0 Å². The maximum atomic E-state index is 13.5. The van der Waals surface area contributed by atoms with Crippen LogP contribution in [-0.2, 0) is 13.6 Å². The van der Waals surface area contributed by atoms with Crippen molar-refractivity contribution in [3.05, 3.63) is 70.6 Å². The van der Waals surface area contributed by atoms with E-state index in [9.17, 15) is 9.59 Å². The molecule has 14 heteroatoms. The zero-order valence-electron chi connectivity index (χ0n) is 23.1. The zero-order valence-corrected chi connectivity index (χ0v) is 24.6. The second-order valence-corrected chi connectivity index (χ2v) is 11.5. The average molecular weight is 603 g/mol. The Morgan fingerprint density at radius 1 is 1.10 bits per heavy atom. The molecule has 0 fully saturated rings. The highest BCUT2D eigenvalue weighted by atomic mass is 35.5. The number of halogens is 1. The van der Waals surface area contributed by atoms with Gasteiger partial charge in [0.2, 0.25) is 0 Å². The van der Waals surface area contributed by atoms with E-state index < -0.39 is 0 Å². The van der Waals surface area contributed by atoms with E-state index in [2.05, 4.69) is 40.9 Å². The number of aromatic nitrogens is 7. The minimum Gasteiger partial charge on any atom is -0.346 e. The minimum atomic E-state index is -0.322. The number of aromatic amines is 1. The number of thiophene rings is 1. The molecule has 42 heavy (non-hydrogen) atoms. The van der Waals surface area contributed by atoms with Crippen LogP contribution in [0.25, 0.3) is 32.8 Å². The minimum absolute atomic E-state index is 0.308. The van der Waals surface area contributed by atoms with Gasteiger partial charge in [-0.05, 0) is 50.5 Å². The summed E-state index contributed by atoms with van der Waals surface area (Å²) in [5.74, 6) is -0.0543. The topological polar surface area (TPSA) is 139 Å². The third-order valence-electron chi connectivity index (χ3n) is 6.73. The maximum absolute atomic E-state index is 13.5. The SMILES string of the molecule is CN(C)CCCn1cc(NC(=O)c2sc3ccccc3c2Cl)cc1C(=O)Nc1cc(-c2nc3cnnnc3[nH]2)n(C)c1. The van der Waals surface area contributed by atoms with Crippen molar-refractivity contribution in [2.24, 2.45) is 7.05 Å². The van der Waals surface area contributed by atoms with Gasteiger partial charge >= 0.3 is 0 Å². The molecule has 0 radical (unpaired) electrons. The Kier molecular flexibility index (Phi) is 7.45. The van der Waals surface area contributed by atoms with Gasteiger partial charge in [-0.3, -0.25) is 9.59 Å². The highest BCUT2D eigenvalue weighted by molar-refractivity contribution is 7.21. The van der Waals surface area contributed by atoms with Crippen LogP contribution >= 0.6 is 22.9 Å². The van der Waals surface area contributed by atoms with E-state index in [1.54, 1.807) is 18.5 Å². The molecule has 0 atom stereocenters. The normalized spacial score (nSPS) is 11.5. The smallest absolute Gasteiger partial charge is 0.272 e. The molecule has 0 aliphatic rings. The Balaban J connectivity index is 1.24. The van der Waals surface area contributed by atoms with Crippen molar-refractivity contribution < 1.29 is 9.59 Å². The number of amides is 2. The van der Waals surface area contributed by atoms with Crippen molar-refractivity contribution in [2.45, 2.75) is 13.0 Å². The molecule has 12 nitrogen and oxygen atoms in total. The van der Waals surface area contributed by atoms with Crippen molar-refractivity contribution in [1.82, 2.24) is 39.4 Å². The number of nitrogens with zero attached hydrogens (tertiary/aromatic N) is 7. The first-order chi connectivity index (χ1) is 20.3. The summed E-state index contributed by atoms with van der Waals surface area (Å²) in [5.41, 5.74) is 3.38. The molecule has 1 aromatic carbocycles. The predicted molar refractivity (Wildman–Crippen MR) is 164 cm³/mol. The van der Waals surface area contributed by atoms with Crippen molar-refractivity contribution in [1.29, 1.82) is 0 Å². The molecule has 0 saturated heterocycles. The lowest BCUT2D eigenvalue weighted by Crippen LogP contribution is -2.19. The van der Waals surface area contributed by atoms with Gasteiger partial charge in [0.15, 0.2) is 11.5 Å². The van der Waals surface area contributed by atoms with Crippen molar-refractivity contribution in [2.75, 3.05) is 31.3 Å². The standard InChI is InChI=1S/C28H27ClN10O2S/c1-37(2)9-6-10-39-15-17(32-28(41)24-23(29)18-7-4-5-8-22(18)42-24)12-21(39)27(40)31-16-11-20(38(3)14-16)26-33-19-13-30-36-35-25(19)34-26/h4-5,7-8,11-15H,6,9-10H2,1-3H3,(H,31,40)(H,32,41)(H,30,33,34,35). The molecule has 0 bridgehead atoms. The van der Waals surface area contributed by atoms with E-state index in [0.29, 0.717) is 50.5 Å². The fraction of sp³-hybridized carbons (Fsp3) is 0.214. The number of benzene rings is 1. The van der Waals surface area contributed by atoms with Gasteiger partial charge in [-0.1, -0.05) is 29.8 Å². The molecule has 5 heterocycles. The monoisotopic (exact) mass is 602 g/mol. The number of imidazole rings is 1. The first-order valence-corrected chi connectivity index (χ1v) is 14.3. The number of fused-ring (bicyclic) bond motifs is 2. The third-order valence-corrected chi connectivity index (χ3v) is 8.40. The number of carbonyl (C=O) groups is 2. The lowest BCUT2D eigenvalue weighted by molar-refractivity contribution is 0.101. The number of H-pyrrole nitrogens is 1. The van der Waals surface area contributed by atoms with Crippen LogP contribution in [0.2, 0.25) is 5.02 Å². The van der Waals surface area contributed by atoms with E-state index in [1.807, 2.05) is 60.6 Å². The summed E-state index contributed by atoms with van der Waals surface area (Å²) in [6.45, 7) is 1.44. The van der Waals surface area contributed by atoms with Gasteiger partial charge in [0, 0.05) is 36.1 Å². The van der Waals surface area contributed by atoms with E-state index in [1.165, 1.54) is 17.5 Å². The van der Waals surface area contributed by atoms with Gasteiger partial charge in [0.05, 0.1) is 28.3 Å². The molecule has 0 unspecified atom stereocenters. The van der Waals surface area contributed by atoms with Crippen molar-refractivity contribution in [3.8, 4) is 11.5 Å². The van der Waals surface area contributed by atoms with E-state index in [4.69, 9.17) is 11.6 Å². The van der Waals surface area contributed by atoms with Crippen LogP contribution in [0, 0.1) is 0 Å². The highest BCUT2D eigenvalue weighted by Gasteiger charge is 2.21. The number of anilines is 2. The molecule has 0 spiro atoms. The van der Waals surface area contributed by atoms with Crippen LogP contribution in [0.5, 0.6) is 0 Å². The fourth-order valence-electron chi connectivity index (χ4n) is 4.74. The lowest BCUT2D eigenvalue weighted by Gasteiger charge is -2.12. The van der Waals surface area contributed by atoms with Crippen molar-refractivity contribution >= 4 is 67.4 Å². The first-order valence-electron chi connectivity index (χ1n) is 13.1. The Labute approximate surface area is 249 Å². The number of hydrogen-bond donors (Lipinski definition) is 3. The quantitative estimate of drug-likeness (QED) is 0.214. The first kappa shape index (κ1) is 27.6. The molecule has 214 valence electrons. The maximum Gasteiger partial charge on any atom is 0.272 e. The van der Waals surface area contributed by atoms with Crippen LogP contribution < -0.4 is 10.6 Å². The summed E-state index contributed by atoms with van der Waals surface area (Å²) in [4.78, 5) is 36.9. The Bertz CT molecular complexity index is 1900. The summed E-state index contributed by atoms with van der Waals surface area (Å²) < 4.78 is 4.64. The molecule has 6 rings (SSSR count). The predicted octanol–water partition coefficient (Wildman–Crippen LogP) is 4.88. The fourth-order valence-corrected chi connectivity index (χ4v) is 6.15. The van der Waals surface area contributed by atoms with Gasteiger partial charge in [0.1, 0.15) is 16.1 Å². The van der Waals surface area contributed by atoms with Crippen LogP contribution in [0.15, 0.2) is 55.0 Å². The van der Waals surface area contributed by atoms with Crippen LogP contribution in [-0.4, -0.2) is 71.9 Å². The molecule has 0 saturated carbocycles. The molecule has 5 aromatic heterocycles. The van der Waals surface area contributed by atoms with E-state index in [0.717, 1.165) is 28.7 Å². The molecule has 0 aliphatic carbocycles. The van der Waals surface area contributed by atoms with Gasteiger partial charge in [0.25, 0.3) is 11.8 Å². The average Bonchev–Trinajstić information content (AvgIpc) is 3.73. The van der Waals surface area contributed by atoms with Gasteiger partial charge in [-0.15, -0.1) is 21.5 Å². The van der Waals surface area contributed by atoms with Crippen molar-refractivity contribution in [3.63, 3.8) is 0 Å².